The highest BCUT2D eigenvalue weighted by molar-refractivity contribution is 7.85. The SMILES string of the molecule is C=CC[C@@H]1/C=C(\C)C[C@H](C)C[C@H](OC)[C@H]2O[C@@](O)(C(=O)C(=O)N3CCCC[C@H]3C(=O)O[C@H](/C(C)=C/[C@@H]3CC[C@@H](O)[C@H](CO)C3)[C@H](C)[C@@H](O)C/C1=N\OCC(=O)NCCC[N+](C)(CCCNC(=O)c1ccc3c(c1)C(=O)OC31c3ccc(O)cc3Oc3cc(O)ccc31)CCCS(=O)(=O)O)[C@H](C)C[C@@H]2OC. The molecule has 3 fully saturated rings. The molecule has 3 amide bonds. The summed E-state index contributed by atoms with van der Waals surface area (Å²) in [5, 5.41) is 76.8. The Kier molecular flexibility index (Phi) is 27.4. The zero-order valence-electron chi connectivity index (χ0n) is 61.4. The average Bonchev–Trinajstić information content (AvgIpc) is 1.58. The van der Waals surface area contributed by atoms with Gasteiger partial charge in [-0.05, 0) is 132 Å². The molecule has 1 saturated carbocycles. The molecular weight excluding hydrogens is 1380 g/mol. The fourth-order valence-electron chi connectivity index (χ4n) is 16.1. The topological polar surface area (TPSA) is 382 Å². The van der Waals surface area contributed by atoms with E-state index >= 15 is 0 Å². The van der Waals surface area contributed by atoms with Crippen LogP contribution in [0, 0.1) is 35.5 Å². The van der Waals surface area contributed by atoms with Crippen LogP contribution in [-0.4, -0.2) is 222 Å². The molecular formula is C77H106N5O22S+. The maximum atomic E-state index is 14.9. The van der Waals surface area contributed by atoms with Crippen molar-refractivity contribution < 1.29 is 110 Å². The number of Topliss-reactive ketones (excluding diaryl/α,β-unsaturated/α-hetero) is 1. The second-order valence-electron chi connectivity index (χ2n) is 29.9. The number of aliphatic hydroxyl groups is 4. The van der Waals surface area contributed by atoms with Crippen molar-refractivity contribution in [1.29, 1.82) is 0 Å². The minimum atomic E-state index is -4.29. The van der Waals surface area contributed by atoms with Crippen molar-refractivity contribution in [3.63, 3.8) is 0 Å². The lowest BCUT2D eigenvalue weighted by atomic mass is 9.77. The first-order valence-electron chi connectivity index (χ1n) is 36.6. The summed E-state index contributed by atoms with van der Waals surface area (Å²) in [5.74, 6) is -10.8. The van der Waals surface area contributed by atoms with Crippen molar-refractivity contribution in [2.45, 2.75) is 179 Å². The molecule has 5 aliphatic heterocycles. The number of nitrogens with zero attached hydrogens (tertiary/aromatic N) is 3. The molecule has 28 heteroatoms. The minimum Gasteiger partial charge on any atom is -0.508 e. The minimum absolute atomic E-state index is 0.00261. The Balaban J connectivity index is 0.899. The summed E-state index contributed by atoms with van der Waals surface area (Å²) in [5.41, 5.74) is 1.86. The number of ketones is 1. The van der Waals surface area contributed by atoms with Crippen molar-refractivity contribution in [1.82, 2.24) is 15.5 Å². The number of cyclic esters (lactones) is 1. The molecule has 1 unspecified atom stereocenters. The first-order chi connectivity index (χ1) is 49.8. The van der Waals surface area contributed by atoms with Gasteiger partial charge in [0.25, 0.3) is 33.6 Å². The van der Waals surface area contributed by atoms with E-state index in [0.717, 1.165) is 10.5 Å². The van der Waals surface area contributed by atoms with Crippen LogP contribution in [0.5, 0.6) is 23.0 Å². The number of allylic oxidation sites excluding steroid dienone is 4. The largest absolute Gasteiger partial charge is 0.508 e. The van der Waals surface area contributed by atoms with Gasteiger partial charge in [-0.15, -0.1) is 6.58 Å². The van der Waals surface area contributed by atoms with Crippen LogP contribution in [0.3, 0.4) is 0 Å². The van der Waals surface area contributed by atoms with Crippen molar-refractivity contribution >= 4 is 51.3 Å². The number of hydrogen-bond donors (Lipinski definition) is 9. The summed E-state index contributed by atoms with van der Waals surface area (Å²) < 4.78 is 70.7. The van der Waals surface area contributed by atoms with Gasteiger partial charge in [0.05, 0.1) is 68.1 Å². The molecule has 27 nitrogen and oxygen atoms in total. The number of carbonyl (C=O) groups is 6. The first-order valence-corrected chi connectivity index (χ1v) is 38.2. The van der Waals surface area contributed by atoms with E-state index in [-0.39, 0.29) is 97.9 Å². The molecule has 3 aromatic rings. The number of methoxy groups -OCH3 is 2. The molecule has 1 aliphatic carbocycles. The number of quaternary nitrogens is 1. The van der Waals surface area contributed by atoms with E-state index in [1.165, 1.54) is 44.6 Å². The molecule has 9 rings (SSSR count). The number of hydrogen-bond acceptors (Lipinski definition) is 22. The number of piperidine rings is 1. The summed E-state index contributed by atoms with van der Waals surface area (Å²) in [6.45, 7) is 13.8. The molecule has 1 spiro atoms. The molecule has 2 saturated heterocycles. The number of nitrogens with one attached hydrogen (secondary N) is 2. The standard InChI is InChI=1S/C77H105N5O22S/c1-10-16-51-34-45(2)33-46(3)35-66(98-8)70-67(99-9)37-48(5)77(94,103-70)71(89)73(91)81-28-12-11-17-61(81)75(93)102-69(47(4)36-50-18-25-62(86)53(38-50)43-83)49(6)63(87)42-60(51)80-100-44-68(88)78-26-13-29-82(7,31-15-32-105(95,96)97)30-14-27-79-72(90)52-19-22-57-56(39-52)74(92)104-76(57)58-23-20-54(84)40-64(58)101-65-41-55(85)21-24-59(65)76/h10,19-24,34,36,39-41,46,48-51,53,61-63,66-67,69-70,83,86-87,94H,1,11-18,25-33,35,37-38,42-44H2,2-9H3,(H4-,78,79,84,85,88,90,95,96,97)/p+1/b45-34+,47-36+,80-60+/t46-,48+,49+,50-,51+,53-,61-,62+,63-,66-,67-,69+,70+,77+,82?/m0/s1. The molecule has 3 aromatic carbocycles. The van der Waals surface area contributed by atoms with E-state index in [9.17, 15) is 72.4 Å². The van der Waals surface area contributed by atoms with E-state index in [1.807, 2.05) is 33.0 Å². The summed E-state index contributed by atoms with van der Waals surface area (Å²) >= 11 is 0. The number of aromatic hydroxyl groups is 2. The zero-order chi connectivity index (χ0) is 76.3. The van der Waals surface area contributed by atoms with Gasteiger partial charge in [0.1, 0.15) is 41.2 Å². The predicted molar refractivity (Wildman–Crippen MR) is 385 cm³/mol. The lowest BCUT2D eigenvalue weighted by Gasteiger charge is -2.47. The van der Waals surface area contributed by atoms with Gasteiger partial charge >= 0.3 is 11.9 Å². The van der Waals surface area contributed by atoms with Crippen LogP contribution in [0.2, 0.25) is 0 Å². The number of phenolic OH excluding ortho intramolecular Hbond substituents is 2. The fraction of sp³-hybridized carbons (Fsp3) is 0.597. The molecule has 2 bridgehead atoms. The number of carbonyl (C=O) groups excluding carboxylic acids is 6. The van der Waals surface area contributed by atoms with Crippen LogP contribution in [0.15, 0.2) is 95.7 Å². The molecule has 105 heavy (non-hydrogen) atoms. The molecule has 9 N–H and O–H groups in total. The third-order valence-electron chi connectivity index (χ3n) is 21.9. The van der Waals surface area contributed by atoms with E-state index < -0.39 is 136 Å². The van der Waals surface area contributed by atoms with Gasteiger partial charge in [0.15, 0.2) is 12.2 Å². The smallest absolute Gasteiger partial charge is 0.340 e. The monoisotopic (exact) mass is 1480 g/mol. The molecule has 15 atom stereocenters. The normalized spacial score (nSPS) is 29.8. The van der Waals surface area contributed by atoms with Crippen LogP contribution in [0.4, 0.5) is 0 Å². The summed E-state index contributed by atoms with van der Waals surface area (Å²) in [6, 6.07) is 12.2. The van der Waals surface area contributed by atoms with Gasteiger partial charge in [0.2, 0.25) is 5.79 Å². The maximum Gasteiger partial charge on any atom is 0.340 e. The molecule has 0 aromatic heterocycles. The van der Waals surface area contributed by atoms with E-state index in [2.05, 4.69) is 22.4 Å². The van der Waals surface area contributed by atoms with E-state index in [0.29, 0.717) is 116 Å². The Bertz CT molecular complexity index is 3810. The van der Waals surface area contributed by atoms with Crippen LogP contribution in [0.25, 0.3) is 0 Å². The van der Waals surface area contributed by atoms with Gasteiger partial charge in [-0.3, -0.25) is 23.7 Å². The van der Waals surface area contributed by atoms with Gasteiger partial charge in [-0.1, -0.05) is 55.8 Å². The number of phenols is 2. The summed E-state index contributed by atoms with van der Waals surface area (Å²) in [7, 11) is 0.610. The number of amides is 3. The second-order valence-corrected chi connectivity index (χ2v) is 31.4. The number of aliphatic hydroxyl groups excluding tert-OH is 3. The number of esters is 2. The van der Waals surface area contributed by atoms with Crippen molar-refractivity contribution in [3.8, 4) is 23.0 Å². The third-order valence-corrected chi connectivity index (χ3v) is 22.7. The molecule has 6 aliphatic rings. The van der Waals surface area contributed by atoms with Gasteiger partial charge < -0.3 is 83.9 Å². The lowest BCUT2D eigenvalue weighted by Crippen LogP contribution is -2.64. The maximum absolute atomic E-state index is 14.9. The van der Waals surface area contributed by atoms with Crippen LogP contribution in [-0.2, 0) is 63.4 Å². The van der Waals surface area contributed by atoms with Gasteiger partial charge in [0, 0.05) is 124 Å². The van der Waals surface area contributed by atoms with Crippen LogP contribution < -0.4 is 15.4 Å². The Morgan fingerprint density at radius 1 is 0.838 bits per heavy atom. The van der Waals surface area contributed by atoms with E-state index in [4.69, 9.17) is 33.3 Å². The Morgan fingerprint density at radius 2 is 1.49 bits per heavy atom. The number of fused-ring (bicyclic) bond motifs is 9. The van der Waals surface area contributed by atoms with Crippen LogP contribution in [0.1, 0.15) is 162 Å². The number of rotatable bonds is 23. The molecule has 5 heterocycles. The van der Waals surface area contributed by atoms with E-state index in [1.54, 1.807) is 51.1 Å². The van der Waals surface area contributed by atoms with Gasteiger partial charge in [-0.2, -0.15) is 8.42 Å². The van der Waals surface area contributed by atoms with Crippen molar-refractivity contribution in [3.05, 3.63) is 118 Å². The summed E-state index contributed by atoms with van der Waals surface area (Å²) in [6.07, 6.45) is 4.71. The first kappa shape index (κ1) is 81.4. The molecule has 0 radical (unpaired) electrons. The second kappa shape index (κ2) is 35.4. The zero-order valence-corrected chi connectivity index (χ0v) is 62.2. The predicted octanol–water partition coefficient (Wildman–Crippen LogP) is 7.07. The number of oxime groups is 1. The number of ether oxygens (including phenoxy) is 6. The summed E-state index contributed by atoms with van der Waals surface area (Å²) in [4.78, 5) is 92.3. The van der Waals surface area contributed by atoms with Crippen LogP contribution >= 0.6 is 0 Å². The van der Waals surface area contributed by atoms with Crippen molar-refractivity contribution in [2.24, 2.45) is 40.7 Å². The quantitative estimate of drug-likeness (QED) is 0.00871. The molecule has 576 valence electrons. The highest BCUT2D eigenvalue weighted by atomic mass is 32.2. The fourth-order valence-corrected chi connectivity index (χ4v) is 16.6. The number of benzene rings is 3. The Labute approximate surface area is 614 Å². The Morgan fingerprint density at radius 3 is 2.13 bits per heavy atom. The highest BCUT2D eigenvalue weighted by Crippen LogP contribution is 2.57. The lowest BCUT2D eigenvalue weighted by molar-refractivity contribution is -0.909. The van der Waals surface area contributed by atoms with Gasteiger partial charge in [-0.25, -0.2) is 9.59 Å². The van der Waals surface area contributed by atoms with Crippen molar-refractivity contribution in [2.75, 3.05) is 79.5 Å². The average molecular weight is 1490 g/mol. The third kappa shape index (κ3) is 19.4. The Hall–Kier alpha value is -7.64. The highest BCUT2D eigenvalue weighted by Gasteiger charge is 2.58.